The summed E-state index contributed by atoms with van der Waals surface area (Å²) in [6, 6.07) is 0. The fourth-order valence-electron chi connectivity index (χ4n) is 0.917. The van der Waals surface area contributed by atoms with Crippen molar-refractivity contribution in [3.63, 3.8) is 0 Å². The van der Waals surface area contributed by atoms with Crippen molar-refractivity contribution in [3.8, 4) is 0 Å². The van der Waals surface area contributed by atoms with Gasteiger partial charge in [-0.2, -0.15) is 0 Å². The van der Waals surface area contributed by atoms with Crippen molar-refractivity contribution in [3.05, 3.63) is 25.0 Å². The molecule has 0 atom stereocenters. The number of anilines is 1. The second kappa shape index (κ2) is 4.30. The maximum absolute atomic E-state index is 10.7. The van der Waals surface area contributed by atoms with Crippen LogP contribution in [0.1, 0.15) is 6.42 Å². The van der Waals surface area contributed by atoms with Crippen LogP contribution in [0.2, 0.25) is 0 Å². The lowest BCUT2D eigenvalue weighted by Crippen LogP contribution is -2.30. The Labute approximate surface area is 75.7 Å². The monoisotopic (exact) mass is 181 g/mol. The number of hydrogen-bond acceptors (Lipinski definition) is 2. The Morgan fingerprint density at radius 1 is 1.85 bits per heavy atom. The predicted molar refractivity (Wildman–Crippen MR) is 48.8 cm³/mol. The molecule has 0 aliphatic carbocycles. The molecular weight excluding hydrogens is 170 g/mol. The van der Waals surface area contributed by atoms with E-state index in [1.165, 1.54) is 6.20 Å². The van der Waals surface area contributed by atoms with Crippen LogP contribution in [0.4, 0.5) is 10.7 Å². The van der Waals surface area contributed by atoms with E-state index >= 15 is 0 Å². The number of nitrogens with zero attached hydrogens (tertiary/aromatic N) is 2. The van der Waals surface area contributed by atoms with Crippen LogP contribution in [0.3, 0.4) is 0 Å². The largest absolute Gasteiger partial charge is 0.465 e. The van der Waals surface area contributed by atoms with Crippen LogP contribution in [0, 0.1) is 0 Å². The molecule has 0 saturated carbocycles. The number of aromatic amines is 1. The van der Waals surface area contributed by atoms with Gasteiger partial charge in [-0.05, 0) is 6.42 Å². The average Bonchev–Trinajstić information content (AvgIpc) is 2.57. The third-order valence-corrected chi connectivity index (χ3v) is 1.53. The number of carbonyl (C=O) groups is 1. The lowest BCUT2D eigenvalue weighted by Gasteiger charge is -2.14. The van der Waals surface area contributed by atoms with Gasteiger partial charge in [-0.3, -0.25) is 0 Å². The molecule has 0 aromatic carbocycles. The standard InChI is InChI=1S/C8H11N3O2/c1-2-3-6-11(8(12)13)7-9-4-5-10-7/h2,4-5H,1,3,6H2,(H,9,10)(H,12,13). The van der Waals surface area contributed by atoms with E-state index in [1.807, 2.05) is 0 Å². The maximum Gasteiger partial charge on any atom is 0.414 e. The highest BCUT2D eigenvalue weighted by atomic mass is 16.4. The van der Waals surface area contributed by atoms with Crippen LogP contribution in [0.25, 0.3) is 0 Å². The molecule has 0 saturated heterocycles. The number of carboxylic acid groups (broad SMARTS) is 1. The van der Waals surface area contributed by atoms with Gasteiger partial charge in [-0.15, -0.1) is 6.58 Å². The number of rotatable bonds is 4. The molecule has 1 rings (SSSR count). The third kappa shape index (κ3) is 2.33. The molecule has 0 spiro atoms. The first kappa shape index (κ1) is 9.31. The van der Waals surface area contributed by atoms with E-state index in [9.17, 15) is 4.79 Å². The van der Waals surface area contributed by atoms with E-state index in [-0.39, 0.29) is 0 Å². The highest BCUT2D eigenvalue weighted by Gasteiger charge is 2.14. The lowest BCUT2D eigenvalue weighted by molar-refractivity contribution is 0.201. The van der Waals surface area contributed by atoms with Crippen molar-refractivity contribution in [2.45, 2.75) is 6.42 Å². The topological polar surface area (TPSA) is 69.2 Å². The van der Waals surface area contributed by atoms with Crippen LogP contribution in [0.15, 0.2) is 25.0 Å². The number of H-pyrrole nitrogens is 1. The summed E-state index contributed by atoms with van der Waals surface area (Å²) in [5.74, 6) is 0.342. The summed E-state index contributed by atoms with van der Waals surface area (Å²) in [5, 5.41) is 8.80. The number of imidazole rings is 1. The van der Waals surface area contributed by atoms with Gasteiger partial charge in [0.25, 0.3) is 0 Å². The zero-order valence-electron chi connectivity index (χ0n) is 7.10. The SMILES string of the molecule is C=CCCN(C(=O)O)c1ncc[nH]1. The molecule has 0 fully saturated rings. The highest BCUT2D eigenvalue weighted by molar-refractivity contribution is 5.83. The van der Waals surface area contributed by atoms with Gasteiger partial charge in [0.2, 0.25) is 5.95 Å². The van der Waals surface area contributed by atoms with E-state index in [0.717, 1.165) is 4.90 Å². The lowest BCUT2D eigenvalue weighted by atomic mass is 10.4. The number of nitrogens with one attached hydrogen (secondary N) is 1. The van der Waals surface area contributed by atoms with Gasteiger partial charge in [-0.25, -0.2) is 14.7 Å². The van der Waals surface area contributed by atoms with Crippen LogP contribution in [-0.4, -0.2) is 27.7 Å². The molecular formula is C8H11N3O2. The minimum absolute atomic E-state index is 0.342. The Bertz CT molecular complexity index is 282. The fraction of sp³-hybridized carbons (Fsp3) is 0.250. The third-order valence-electron chi connectivity index (χ3n) is 1.53. The average molecular weight is 181 g/mol. The number of aromatic nitrogens is 2. The molecule has 0 aliphatic heterocycles. The summed E-state index contributed by atoms with van der Waals surface area (Å²) in [5.41, 5.74) is 0. The molecule has 0 aliphatic rings. The van der Waals surface area contributed by atoms with Crippen LogP contribution >= 0.6 is 0 Å². The van der Waals surface area contributed by atoms with Gasteiger partial charge in [0.1, 0.15) is 0 Å². The quantitative estimate of drug-likeness (QED) is 0.691. The summed E-state index contributed by atoms with van der Waals surface area (Å²) in [6.07, 6.45) is 4.35. The second-order valence-electron chi connectivity index (χ2n) is 2.42. The highest BCUT2D eigenvalue weighted by Crippen LogP contribution is 2.06. The smallest absolute Gasteiger partial charge is 0.414 e. The van der Waals surface area contributed by atoms with Gasteiger partial charge in [-0.1, -0.05) is 6.08 Å². The van der Waals surface area contributed by atoms with Crippen molar-refractivity contribution in [2.24, 2.45) is 0 Å². The van der Waals surface area contributed by atoms with Gasteiger partial charge in [0.15, 0.2) is 0 Å². The van der Waals surface area contributed by atoms with Crippen LogP contribution < -0.4 is 4.90 Å². The molecule has 2 N–H and O–H groups in total. The summed E-state index contributed by atoms with van der Waals surface area (Å²) in [4.78, 5) is 18.4. The Morgan fingerprint density at radius 2 is 2.62 bits per heavy atom. The van der Waals surface area contributed by atoms with E-state index in [0.29, 0.717) is 18.9 Å². The van der Waals surface area contributed by atoms with Gasteiger partial charge in [0.05, 0.1) is 0 Å². The summed E-state index contributed by atoms with van der Waals surface area (Å²) < 4.78 is 0. The first-order valence-electron chi connectivity index (χ1n) is 3.86. The molecule has 1 amide bonds. The minimum atomic E-state index is -1.02. The molecule has 1 heterocycles. The molecule has 5 heteroatoms. The molecule has 1 aromatic rings. The van der Waals surface area contributed by atoms with E-state index in [2.05, 4.69) is 16.5 Å². The predicted octanol–water partition coefficient (Wildman–Crippen LogP) is 1.47. The van der Waals surface area contributed by atoms with E-state index < -0.39 is 6.09 Å². The zero-order chi connectivity index (χ0) is 9.68. The van der Waals surface area contributed by atoms with Gasteiger partial charge in [0, 0.05) is 18.9 Å². The maximum atomic E-state index is 10.7. The minimum Gasteiger partial charge on any atom is -0.465 e. The van der Waals surface area contributed by atoms with Crippen LogP contribution in [-0.2, 0) is 0 Å². The normalized spacial score (nSPS) is 9.54. The summed E-state index contributed by atoms with van der Waals surface area (Å²) in [7, 11) is 0. The van der Waals surface area contributed by atoms with E-state index in [4.69, 9.17) is 5.11 Å². The molecule has 0 unspecified atom stereocenters. The zero-order valence-corrected chi connectivity index (χ0v) is 7.10. The van der Waals surface area contributed by atoms with Crippen molar-refractivity contribution < 1.29 is 9.90 Å². The van der Waals surface area contributed by atoms with Crippen molar-refractivity contribution in [1.29, 1.82) is 0 Å². The molecule has 70 valence electrons. The van der Waals surface area contributed by atoms with Crippen LogP contribution in [0.5, 0.6) is 0 Å². The fourth-order valence-corrected chi connectivity index (χ4v) is 0.917. The first-order valence-corrected chi connectivity index (χ1v) is 3.86. The van der Waals surface area contributed by atoms with Gasteiger partial charge >= 0.3 is 6.09 Å². The summed E-state index contributed by atoms with van der Waals surface area (Å²) in [6.45, 7) is 3.89. The Morgan fingerprint density at radius 3 is 3.08 bits per heavy atom. The molecule has 0 bridgehead atoms. The summed E-state index contributed by atoms with van der Waals surface area (Å²) >= 11 is 0. The number of hydrogen-bond donors (Lipinski definition) is 2. The Hall–Kier alpha value is -1.78. The molecule has 0 radical (unpaired) electrons. The number of amides is 1. The molecule has 5 nitrogen and oxygen atoms in total. The Balaban J connectivity index is 2.68. The first-order chi connectivity index (χ1) is 6.25. The van der Waals surface area contributed by atoms with Gasteiger partial charge < -0.3 is 10.1 Å². The molecule has 13 heavy (non-hydrogen) atoms. The molecule has 1 aromatic heterocycles. The van der Waals surface area contributed by atoms with Crippen molar-refractivity contribution >= 4 is 12.0 Å². The Kier molecular flexibility index (Phi) is 3.08. The van der Waals surface area contributed by atoms with E-state index in [1.54, 1.807) is 12.3 Å². The second-order valence-corrected chi connectivity index (χ2v) is 2.42. The van der Waals surface area contributed by atoms with Crippen molar-refractivity contribution in [1.82, 2.24) is 9.97 Å². The van der Waals surface area contributed by atoms with Crippen molar-refractivity contribution in [2.75, 3.05) is 11.4 Å².